The summed E-state index contributed by atoms with van der Waals surface area (Å²) in [7, 11) is 0. The fraction of sp³-hybridized carbons (Fsp3) is 0.258. The number of aromatic nitrogens is 4. The zero-order chi connectivity index (χ0) is 29.6. The Balaban J connectivity index is 1.47. The van der Waals surface area contributed by atoms with Crippen molar-refractivity contribution in [1.82, 2.24) is 24.8 Å². The van der Waals surface area contributed by atoms with Crippen LogP contribution >= 0.6 is 11.6 Å². The van der Waals surface area contributed by atoms with Crippen LogP contribution in [-0.4, -0.2) is 51.2 Å². The minimum absolute atomic E-state index is 0.0701. The lowest BCUT2D eigenvalue weighted by Crippen LogP contribution is -2.36. The van der Waals surface area contributed by atoms with Gasteiger partial charge in [-0.15, -0.1) is 0 Å². The van der Waals surface area contributed by atoms with Crippen LogP contribution in [0.25, 0.3) is 11.2 Å². The number of pyridine rings is 2. The van der Waals surface area contributed by atoms with Crippen LogP contribution in [0.15, 0.2) is 89.5 Å². The van der Waals surface area contributed by atoms with Crippen LogP contribution in [0.5, 0.6) is 0 Å². The summed E-state index contributed by atoms with van der Waals surface area (Å²) in [5.74, 6) is -0.584. The molecule has 42 heavy (non-hydrogen) atoms. The monoisotopic (exact) mass is 586 g/mol. The molecule has 2 N–H and O–H groups in total. The van der Waals surface area contributed by atoms with Crippen LogP contribution in [0.1, 0.15) is 31.2 Å². The highest BCUT2D eigenvalue weighted by molar-refractivity contribution is 6.31. The molecule has 1 aliphatic rings. The third kappa shape index (κ3) is 6.05. The van der Waals surface area contributed by atoms with Crippen LogP contribution in [-0.2, 0) is 25.6 Å². The number of dihydropyridines is 1. The van der Waals surface area contributed by atoms with E-state index in [0.717, 1.165) is 17.0 Å². The number of halogens is 1. The largest absolute Gasteiger partial charge is 0.463 e. The van der Waals surface area contributed by atoms with Crippen molar-refractivity contribution in [3.63, 3.8) is 0 Å². The molecule has 11 heteroatoms. The van der Waals surface area contributed by atoms with E-state index in [1.165, 1.54) is 0 Å². The van der Waals surface area contributed by atoms with Gasteiger partial charge in [-0.2, -0.15) is 0 Å². The molecule has 5 rings (SSSR count). The molecule has 0 saturated heterocycles. The predicted molar refractivity (Wildman–Crippen MR) is 160 cm³/mol. The lowest BCUT2D eigenvalue weighted by molar-refractivity contribution is -0.138. The fourth-order valence-corrected chi connectivity index (χ4v) is 5.32. The number of imidazole rings is 1. The van der Waals surface area contributed by atoms with Crippen LogP contribution in [0, 0.1) is 6.92 Å². The van der Waals surface area contributed by atoms with E-state index in [0.29, 0.717) is 46.5 Å². The van der Waals surface area contributed by atoms with E-state index in [1.807, 2.05) is 29.7 Å². The van der Waals surface area contributed by atoms with Gasteiger partial charge in [0, 0.05) is 35.2 Å². The first-order valence-electron chi connectivity index (χ1n) is 13.6. The molecule has 4 heterocycles. The maximum Gasteiger partial charge on any atom is 0.336 e. The van der Waals surface area contributed by atoms with Crippen molar-refractivity contribution >= 4 is 40.5 Å². The molecule has 0 spiro atoms. The quantitative estimate of drug-likeness (QED) is 0.198. The zero-order valence-corrected chi connectivity index (χ0v) is 24.3. The fourth-order valence-electron chi connectivity index (χ4n) is 5.07. The SMILES string of the molecule is CCOC(=O)C1=C(COCCn2c(C)nc3cccnc32)NC(C)=C(C(=O)Nc2ccccn2)C1c1ccccc1Cl. The number of carbonyl (C=O) groups is 2. The van der Waals surface area contributed by atoms with Gasteiger partial charge in [0.1, 0.15) is 17.2 Å². The molecule has 0 fully saturated rings. The molecule has 4 aromatic rings. The van der Waals surface area contributed by atoms with Crippen LogP contribution in [0.2, 0.25) is 5.02 Å². The summed E-state index contributed by atoms with van der Waals surface area (Å²) in [5, 5.41) is 6.51. The zero-order valence-electron chi connectivity index (χ0n) is 23.6. The van der Waals surface area contributed by atoms with Crippen molar-refractivity contribution in [3.05, 3.63) is 106 Å². The Morgan fingerprint density at radius 3 is 2.57 bits per heavy atom. The first-order chi connectivity index (χ1) is 20.4. The van der Waals surface area contributed by atoms with E-state index in [-0.39, 0.29) is 18.8 Å². The number of amides is 1. The number of rotatable bonds is 10. The summed E-state index contributed by atoms with van der Waals surface area (Å²) in [6.45, 7) is 6.51. The van der Waals surface area contributed by atoms with Gasteiger partial charge in [-0.3, -0.25) is 4.79 Å². The molecule has 3 aromatic heterocycles. The lowest BCUT2D eigenvalue weighted by Gasteiger charge is -2.32. The van der Waals surface area contributed by atoms with Crippen LogP contribution < -0.4 is 10.6 Å². The van der Waals surface area contributed by atoms with Gasteiger partial charge in [0.25, 0.3) is 5.91 Å². The van der Waals surface area contributed by atoms with E-state index in [9.17, 15) is 9.59 Å². The molecular weight excluding hydrogens is 556 g/mol. The third-order valence-electron chi connectivity index (χ3n) is 6.91. The van der Waals surface area contributed by atoms with Gasteiger partial charge < -0.3 is 24.7 Å². The van der Waals surface area contributed by atoms with E-state index in [4.69, 9.17) is 21.1 Å². The number of allylic oxidation sites excluding steroid dienone is 1. The van der Waals surface area contributed by atoms with Crippen molar-refractivity contribution in [2.75, 3.05) is 25.1 Å². The molecule has 1 amide bonds. The number of carbonyl (C=O) groups excluding carboxylic acids is 2. The maximum absolute atomic E-state index is 13.7. The number of benzene rings is 1. The average molecular weight is 587 g/mol. The molecule has 0 radical (unpaired) electrons. The second-order valence-corrected chi connectivity index (χ2v) is 10.0. The van der Waals surface area contributed by atoms with Crippen LogP contribution in [0.3, 0.4) is 0 Å². The average Bonchev–Trinajstić information content (AvgIpc) is 3.30. The summed E-state index contributed by atoms with van der Waals surface area (Å²) in [5.41, 5.74) is 3.83. The Bertz CT molecular complexity index is 1680. The van der Waals surface area contributed by atoms with Crippen molar-refractivity contribution in [1.29, 1.82) is 0 Å². The topological polar surface area (TPSA) is 120 Å². The highest BCUT2D eigenvalue weighted by Crippen LogP contribution is 2.41. The lowest BCUT2D eigenvalue weighted by atomic mass is 9.79. The number of hydrogen-bond acceptors (Lipinski definition) is 8. The Morgan fingerprint density at radius 2 is 1.81 bits per heavy atom. The summed E-state index contributed by atoms with van der Waals surface area (Å²) in [4.78, 5) is 40.5. The maximum atomic E-state index is 13.7. The van der Waals surface area contributed by atoms with E-state index in [1.54, 1.807) is 62.6 Å². The molecule has 1 aliphatic heterocycles. The number of nitrogens with zero attached hydrogens (tertiary/aromatic N) is 4. The standard InChI is InChI=1S/C31H31ClN6O4/c1-4-42-31(40)28-24(18-41-17-16-38-20(3)36-23-12-9-15-34-29(23)38)35-19(2)26(27(28)21-10-5-6-11-22(21)32)30(39)37-25-13-7-8-14-33-25/h5-15,27,35H,4,16-18H2,1-3H3,(H,33,37,39). The van der Waals surface area contributed by atoms with Crippen molar-refractivity contribution < 1.29 is 19.1 Å². The Hall–Kier alpha value is -4.54. The summed E-state index contributed by atoms with van der Waals surface area (Å²) in [6.07, 6.45) is 3.32. The summed E-state index contributed by atoms with van der Waals surface area (Å²) in [6, 6.07) is 16.1. The second-order valence-electron chi connectivity index (χ2n) is 9.61. The van der Waals surface area contributed by atoms with Crippen molar-refractivity contribution in [2.24, 2.45) is 0 Å². The first kappa shape index (κ1) is 29.0. The normalized spacial score (nSPS) is 15.1. The van der Waals surface area contributed by atoms with E-state index < -0.39 is 17.8 Å². The summed E-state index contributed by atoms with van der Waals surface area (Å²) < 4.78 is 13.6. The van der Waals surface area contributed by atoms with Crippen molar-refractivity contribution in [2.45, 2.75) is 33.2 Å². The Labute approximate surface area is 248 Å². The second kappa shape index (κ2) is 13.0. The van der Waals surface area contributed by atoms with E-state index in [2.05, 4.69) is 25.6 Å². The number of nitrogens with one attached hydrogen (secondary N) is 2. The molecule has 0 bridgehead atoms. The number of hydrogen-bond donors (Lipinski definition) is 2. The third-order valence-corrected chi connectivity index (χ3v) is 7.25. The first-order valence-corrected chi connectivity index (χ1v) is 14.0. The molecule has 1 aromatic carbocycles. The summed E-state index contributed by atoms with van der Waals surface area (Å²) >= 11 is 6.67. The molecule has 1 unspecified atom stereocenters. The molecule has 216 valence electrons. The van der Waals surface area contributed by atoms with Crippen LogP contribution in [0.4, 0.5) is 5.82 Å². The number of esters is 1. The molecule has 0 aliphatic carbocycles. The molecule has 1 atom stereocenters. The highest BCUT2D eigenvalue weighted by Gasteiger charge is 2.39. The van der Waals surface area contributed by atoms with Gasteiger partial charge in [0.15, 0.2) is 5.65 Å². The number of anilines is 1. The van der Waals surface area contributed by atoms with Gasteiger partial charge in [-0.25, -0.2) is 19.7 Å². The minimum atomic E-state index is -0.814. The van der Waals surface area contributed by atoms with E-state index >= 15 is 0 Å². The van der Waals surface area contributed by atoms with Crippen molar-refractivity contribution in [3.8, 4) is 0 Å². The predicted octanol–water partition coefficient (Wildman–Crippen LogP) is 4.92. The molecular formula is C31H31ClN6O4. The number of ether oxygens (including phenoxy) is 2. The highest BCUT2D eigenvalue weighted by atomic mass is 35.5. The van der Waals surface area contributed by atoms with Gasteiger partial charge in [-0.05, 0) is 56.7 Å². The molecule has 0 saturated carbocycles. The Morgan fingerprint density at radius 1 is 1.02 bits per heavy atom. The van der Waals surface area contributed by atoms with Gasteiger partial charge in [0.2, 0.25) is 0 Å². The molecule has 10 nitrogen and oxygen atoms in total. The Kier molecular flexibility index (Phi) is 8.94. The van der Waals surface area contributed by atoms with Gasteiger partial charge >= 0.3 is 5.97 Å². The minimum Gasteiger partial charge on any atom is -0.463 e. The number of aryl methyl sites for hydroxylation is 1. The van der Waals surface area contributed by atoms with Gasteiger partial charge in [0.05, 0.1) is 37.0 Å². The van der Waals surface area contributed by atoms with Gasteiger partial charge in [-0.1, -0.05) is 35.9 Å². The smallest absolute Gasteiger partial charge is 0.336 e. The number of fused-ring (bicyclic) bond motifs is 1.